The second-order valence-electron chi connectivity index (χ2n) is 7.19. The number of aromatic nitrogens is 4. The van der Waals surface area contributed by atoms with Crippen molar-refractivity contribution in [2.24, 2.45) is 5.92 Å². The molecule has 0 fully saturated rings. The minimum absolute atomic E-state index is 0.135. The molecule has 3 aromatic rings. The number of aryl methyl sites for hydroxylation is 2. The largest absolute Gasteiger partial charge is 0.343 e. The number of nitrogens with zero attached hydrogens (tertiary/aromatic N) is 5. The number of thiophene rings is 1. The second-order valence-corrected chi connectivity index (χ2v) is 9.21. The molecular weight excluding hydrogens is 378 g/mol. The number of amides is 1. The summed E-state index contributed by atoms with van der Waals surface area (Å²) in [4.78, 5) is 21.6. The van der Waals surface area contributed by atoms with Gasteiger partial charge >= 0.3 is 0 Å². The summed E-state index contributed by atoms with van der Waals surface area (Å²) in [5.41, 5.74) is 2.30. The van der Waals surface area contributed by atoms with E-state index in [4.69, 9.17) is 4.98 Å². The standard InChI is InChI=1S/C19H25N5OS2/c1-5-23(6-2)15(25)10-26-19-22-21-17-16-13-8-7-11(3)9-14(13)27-18(16)20-12(4)24(17)19/h11H,5-10H2,1-4H3. The van der Waals surface area contributed by atoms with Crippen LogP contribution in [-0.2, 0) is 17.6 Å². The van der Waals surface area contributed by atoms with Gasteiger partial charge in [0.1, 0.15) is 10.7 Å². The van der Waals surface area contributed by atoms with Gasteiger partial charge in [-0.15, -0.1) is 21.5 Å². The summed E-state index contributed by atoms with van der Waals surface area (Å²) in [5, 5.41) is 10.8. The zero-order chi connectivity index (χ0) is 19.1. The molecule has 0 saturated heterocycles. The fourth-order valence-corrected chi connectivity index (χ4v) is 6.16. The zero-order valence-electron chi connectivity index (χ0n) is 16.3. The molecule has 1 aliphatic rings. The van der Waals surface area contributed by atoms with Gasteiger partial charge in [-0.05, 0) is 51.5 Å². The van der Waals surface area contributed by atoms with Gasteiger partial charge in [-0.2, -0.15) is 0 Å². The molecule has 3 aromatic heterocycles. The highest BCUT2D eigenvalue weighted by atomic mass is 32.2. The van der Waals surface area contributed by atoms with E-state index in [2.05, 4.69) is 17.1 Å². The Morgan fingerprint density at radius 2 is 2.11 bits per heavy atom. The van der Waals surface area contributed by atoms with Crippen LogP contribution in [0, 0.1) is 12.8 Å². The molecule has 0 N–H and O–H groups in total. The predicted octanol–water partition coefficient (Wildman–Crippen LogP) is 3.73. The maximum absolute atomic E-state index is 12.3. The SMILES string of the molecule is CCN(CC)C(=O)CSc1nnc2c3c4c(sc3nc(C)n12)CC(C)CC4. The monoisotopic (exact) mass is 403 g/mol. The van der Waals surface area contributed by atoms with Crippen molar-refractivity contribution in [2.75, 3.05) is 18.8 Å². The van der Waals surface area contributed by atoms with E-state index in [0.29, 0.717) is 5.75 Å². The first-order chi connectivity index (χ1) is 13.0. The summed E-state index contributed by atoms with van der Waals surface area (Å²) in [6.07, 6.45) is 3.44. The summed E-state index contributed by atoms with van der Waals surface area (Å²) in [6.45, 7) is 9.79. The molecule has 0 bridgehead atoms. The van der Waals surface area contributed by atoms with Crippen molar-refractivity contribution in [3.05, 3.63) is 16.3 Å². The van der Waals surface area contributed by atoms with Crippen molar-refractivity contribution in [1.82, 2.24) is 24.5 Å². The van der Waals surface area contributed by atoms with E-state index in [-0.39, 0.29) is 5.91 Å². The topological polar surface area (TPSA) is 63.4 Å². The molecule has 144 valence electrons. The Balaban J connectivity index is 1.72. The lowest BCUT2D eigenvalue weighted by Crippen LogP contribution is -2.31. The van der Waals surface area contributed by atoms with Crippen molar-refractivity contribution in [1.29, 1.82) is 0 Å². The lowest BCUT2D eigenvalue weighted by atomic mass is 9.89. The number of hydrogen-bond acceptors (Lipinski definition) is 6. The van der Waals surface area contributed by atoms with Crippen LogP contribution in [0.25, 0.3) is 15.9 Å². The van der Waals surface area contributed by atoms with E-state index in [0.717, 1.165) is 53.3 Å². The van der Waals surface area contributed by atoms with Gasteiger partial charge in [0.15, 0.2) is 10.8 Å². The molecule has 3 heterocycles. The van der Waals surface area contributed by atoms with Crippen molar-refractivity contribution >= 4 is 44.9 Å². The number of rotatable bonds is 5. The fourth-order valence-electron chi connectivity index (χ4n) is 3.85. The normalized spacial score (nSPS) is 16.8. The Hall–Kier alpha value is -1.67. The minimum Gasteiger partial charge on any atom is -0.343 e. The maximum atomic E-state index is 12.3. The minimum atomic E-state index is 0.135. The average Bonchev–Trinajstić information content (AvgIpc) is 3.21. The van der Waals surface area contributed by atoms with Gasteiger partial charge in [-0.3, -0.25) is 9.20 Å². The fraction of sp³-hybridized carbons (Fsp3) is 0.579. The molecule has 0 radical (unpaired) electrons. The Bertz CT molecular complexity index is 1000. The lowest BCUT2D eigenvalue weighted by Gasteiger charge is -2.18. The van der Waals surface area contributed by atoms with Crippen LogP contribution in [-0.4, -0.2) is 49.2 Å². The predicted molar refractivity (Wildman–Crippen MR) is 111 cm³/mol. The highest BCUT2D eigenvalue weighted by molar-refractivity contribution is 7.99. The molecule has 4 rings (SSSR count). The molecule has 1 atom stereocenters. The van der Waals surface area contributed by atoms with Gasteiger partial charge in [0, 0.05) is 18.0 Å². The van der Waals surface area contributed by atoms with Crippen LogP contribution in [0.3, 0.4) is 0 Å². The van der Waals surface area contributed by atoms with E-state index in [1.807, 2.05) is 41.4 Å². The van der Waals surface area contributed by atoms with Crippen LogP contribution >= 0.6 is 23.1 Å². The average molecular weight is 404 g/mol. The molecule has 6 nitrogen and oxygen atoms in total. The van der Waals surface area contributed by atoms with Gasteiger partial charge in [-0.1, -0.05) is 18.7 Å². The maximum Gasteiger partial charge on any atom is 0.233 e. The number of hydrogen-bond donors (Lipinski definition) is 0. The third-order valence-corrected chi connectivity index (χ3v) is 7.44. The molecule has 27 heavy (non-hydrogen) atoms. The molecule has 1 aliphatic carbocycles. The van der Waals surface area contributed by atoms with Crippen LogP contribution in [0.5, 0.6) is 0 Å². The quantitative estimate of drug-likeness (QED) is 0.608. The smallest absolute Gasteiger partial charge is 0.233 e. The van der Waals surface area contributed by atoms with Crippen molar-refractivity contribution < 1.29 is 4.79 Å². The first-order valence-corrected chi connectivity index (χ1v) is 11.4. The first kappa shape index (κ1) is 18.7. The summed E-state index contributed by atoms with van der Waals surface area (Å²) < 4.78 is 2.02. The Kier molecular flexibility index (Phi) is 5.11. The van der Waals surface area contributed by atoms with Gasteiger partial charge in [0.05, 0.1) is 11.1 Å². The number of thioether (sulfide) groups is 1. The van der Waals surface area contributed by atoms with Gasteiger partial charge in [-0.25, -0.2) is 4.98 Å². The zero-order valence-corrected chi connectivity index (χ0v) is 17.9. The highest BCUT2D eigenvalue weighted by Crippen LogP contribution is 2.39. The van der Waals surface area contributed by atoms with E-state index in [1.165, 1.54) is 34.0 Å². The number of carbonyl (C=O) groups is 1. The lowest BCUT2D eigenvalue weighted by molar-refractivity contribution is -0.127. The Morgan fingerprint density at radius 1 is 1.33 bits per heavy atom. The second kappa shape index (κ2) is 7.39. The van der Waals surface area contributed by atoms with Crippen LogP contribution < -0.4 is 0 Å². The van der Waals surface area contributed by atoms with Crippen LogP contribution in [0.2, 0.25) is 0 Å². The molecule has 0 spiro atoms. The van der Waals surface area contributed by atoms with E-state index < -0.39 is 0 Å². The third-order valence-electron chi connectivity index (χ3n) is 5.38. The third kappa shape index (κ3) is 3.23. The summed E-state index contributed by atoms with van der Waals surface area (Å²) in [6, 6.07) is 0. The van der Waals surface area contributed by atoms with Crippen LogP contribution in [0.4, 0.5) is 0 Å². The molecule has 0 aromatic carbocycles. The molecule has 0 saturated carbocycles. The number of fused-ring (bicyclic) bond motifs is 5. The number of carbonyl (C=O) groups excluding carboxylic acids is 1. The molecule has 1 amide bonds. The molecular formula is C19H25N5OS2. The Morgan fingerprint density at radius 3 is 2.85 bits per heavy atom. The Labute approximate surface area is 167 Å². The van der Waals surface area contributed by atoms with Gasteiger partial charge in [0.25, 0.3) is 0 Å². The molecule has 8 heteroatoms. The van der Waals surface area contributed by atoms with Crippen molar-refractivity contribution in [2.45, 2.75) is 52.1 Å². The highest BCUT2D eigenvalue weighted by Gasteiger charge is 2.25. The van der Waals surface area contributed by atoms with Crippen LogP contribution in [0.15, 0.2) is 5.16 Å². The van der Waals surface area contributed by atoms with Gasteiger partial charge < -0.3 is 4.90 Å². The summed E-state index contributed by atoms with van der Waals surface area (Å²) in [5.74, 6) is 2.12. The van der Waals surface area contributed by atoms with E-state index in [1.54, 1.807) is 0 Å². The van der Waals surface area contributed by atoms with E-state index >= 15 is 0 Å². The van der Waals surface area contributed by atoms with Crippen molar-refractivity contribution in [3.8, 4) is 0 Å². The van der Waals surface area contributed by atoms with Crippen LogP contribution in [0.1, 0.15) is 43.5 Å². The molecule has 0 aliphatic heterocycles. The van der Waals surface area contributed by atoms with Crippen molar-refractivity contribution in [3.63, 3.8) is 0 Å². The summed E-state index contributed by atoms with van der Waals surface area (Å²) >= 11 is 3.26. The van der Waals surface area contributed by atoms with E-state index in [9.17, 15) is 4.79 Å². The molecule has 1 unspecified atom stereocenters. The van der Waals surface area contributed by atoms with Gasteiger partial charge in [0.2, 0.25) is 5.91 Å². The summed E-state index contributed by atoms with van der Waals surface area (Å²) in [7, 11) is 0. The first-order valence-electron chi connectivity index (χ1n) is 9.60.